The smallest absolute Gasteiger partial charge is 0.261 e. The summed E-state index contributed by atoms with van der Waals surface area (Å²) in [4.78, 5) is 12.9. The predicted molar refractivity (Wildman–Crippen MR) is 155 cm³/mol. The number of halogens is 1. The minimum Gasteiger partial charge on any atom is -0.322 e. The van der Waals surface area contributed by atoms with Crippen molar-refractivity contribution in [1.82, 2.24) is 0 Å². The van der Waals surface area contributed by atoms with Crippen molar-refractivity contribution in [2.75, 3.05) is 14.8 Å². The number of carbonyl (C=O) groups excluding carboxylic acids is 1. The van der Waals surface area contributed by atoms with E-state index in [1.54, 1.807) is 24.3 Å². The Balaban J connectivity index is 1.44. The first-order valence-corrected chi connectivity index (χ1v) is 15.1. The molecule has 0 heterocycles. The lowest BCUT2D eigenvalue weighted by atomic mass is 10.1. The van der Waals surface area contributed by atoms with Crippen LogP contribution in [-0.4, -0.2) is 22.7 Å². The maximum absolute atomic E-state index is 12.8. The van der Waals surface area contributed by atoms with Crippen molar-refractivity contribution in [2.24, 2.45) is 0 Å². The molecule has 0 aliphatic rings. The minimum absolute atomic E-state index is 0.0296. The Morgan fingerprint density at radius 3 is 1.64 bits per heavy atom. The van der Waals surface area contributed by atoms with Crippen LogP contribution >= 0.6 is 11.6 Å². The van der Waals surface area contributed by atoms with E-state index in [-0.39, 0.29) is 26.1 Å². The SMILES string of the molecule is Cc1ccc(S(=O)(=O)Nc2ccc(C(=O)Nc3ccc(S(=O)(=O)Nc4ccc(C)c(C)c4)cc3)c(Cl)c2)cc1. The van der Waals surface area contributed by atoms with Crippen LogP contribution in [0, 0.1) is 20.8 Å². The van der Waals surface area contributed by atoms with E-state index in [2.05, 4.69) is 14.8 Å². The highest BCUT2D eigenvalue weighted by molar-refractivity contribution is 7.93. The number of hydrogen-bond acceptors (Lipinski definition) is 5. The number of benzene rings is 4. The molecule has 0 spiro atoms. The molecule has 0 atom stereocenters. The summed E-state index contributed by atoms with van der Waals surface area (Å²) < 4.78 is 55.8. The molecule has 11 heteroatoms. The van der Waals surface area contributed by atoms with Crippen molar-refractivity contribution >= 4 is 54.6 Å². The van der Waals surface area contributed by atoms with Crippen LogP contribution in [0.5, 0.6) is 0 Å². The molecule has 1 amide bonds. The summed E-state index contributed by atoms with van der Waals surface area (Å²) in [5.41, 5.74) is 4.06. The van der Waals surface area contributed by atoms with E-state index in [1.807, 2.05) is 26.8 Å². The molecule has 0 saturated heterocycles. The maximum atomic E-state index is 12.8. The van der Waals surface area contributed by atoms with E-state index in [4.69, 9.17) is 11.6 Å². The fourth-order valence-electron chi connectivity index (χ4n) is 3.63. The topological polar surface area (TPSA) is 121 Å². The van der Waals surface area contributed by atoms with Gasteiger partial charge < -0.3 is 5.32 Å². The number of anilines is 3. The number of hydrogen-bond donors (Lipinski definition) is 3. The third kappa shape index (κ3) is 6.78. The van der Waals surface area contributed by atoms with E-state index in [1.165, 1.54) is 54.6 Å². The monoisotopic (exact) mass is 583 g/mol. The van der Waals surface area contributed by atoms with Gasteiger partial charge in [-0.3, -0.25) is 14.2 Å². The van der Waals surface area contributed by atoms with Gasteiger partial charge in [-0.2, -0.15) is 0 Å². The zero-order chi connectivity index (χ0) is 28.4. The van der Waals surface area contributed by atoms with Gasteiger partial charge in [-0.25, -0.2) is 16.8 Å². The molecule has 0 aliphatic heterocycles. The quantitative estimate of drug-likeness (QED) is 0.231. The van der Waals surface area contributed by atoms with Crippen LogP contribution in [0.3, 0.4) is 0 Å². The highest BCUT2D eigenvalue weighted by Gasteiger charge is 2.18. The van der Waals surface area contributed by atoms with E-state index in [9.17, 15) is 21.6 Å². The zero-order valence-corrected chi connectivity index (χ0v) is 23.7. The molecule has 0 aromatic heterocycles. The van der Waals surface area contributed by atoms with Crippen LogP contribution in [0.4, 0.5) is 17.1 Å². The lowest BCUT2D eigenvalue weighted by Crippen LogP contribution is -2.15. The van der Waals surface area contributed by atoms with Crippen molar-refractivity contribution < 1.29 is 21.6 Å². The second-order valence-corrected chi connectivity index (χ2v) is 12.8. The number of nitrogens with one attached hydrogen (secondary N) is 3. The largest absolute Gasteiger partial charge is 0.322 e. The van der Waals surface area contributed by atoms with Gasteiger partial charge in [-0.1, -0.05) is 35.4 Å². The van der Waals surface area contributed by atoms with Gasteiger partial charge in [0.05, 0.1) is 26.1 Å². The molecule has 4 rings (SSSR count). The molecule has 0 radical (unpaired) electrons. The number of aryl methyl sites for hydroxylation is 3. The number of amides is 1. The predicted octanol–water partition coefficient (Wildman–Crippen LogP) is 6.12. The van der Waals surface area contributed by atoms with Crippen molar-refractivity contribution in [3.63, 3.8) is 0 Å². The molecule has 0 aliphatic carbocycles. The number of rotatable bonds is 8. The molecule has 0 saturated carbocycles. The molecular weight excluding hydrogens is 558 g/mol. The van der Waals surface area contributed by atoms with E-state index < -0.39 is 26.0 Å². The van der Waals surface area contributed by atoms with Crippen LogP contribution in [-0.2, 0) is 20.0 Å². The molecule has 4 aromatic carbocycles. The lowest BCUT2D eigenvalue weighted by Gasteiger charge is -2.12. The van der Waals surface area contributed by atoms with Crippen LogP contribution < -0.4 is 14.8 Å². The summed E-state index contributed by atoms with van der Waals surface area (Å²) in [5.74, 6) is -0.545. The number of sulfonamides is 2. The second-order valence-electron chi connectivity index (χ2n) is 9.00. The maximum Gasteiger partial charge on any atom is 0.261 e. The number of carbonyl (C=O) groups is 1. The lowest BCUT2D eigenvalue weighted by molar-refractivity contribution is 0.102. The average molecular weight is 584 g/mol. The Morgan fingerprint density at radius 2 is 1.10 bits per heavy atom. The fraction of sp³-hybridized carbons (Fsp3) is 0.107. The first-order chi connectivity index (χ1) is 18.3. The summed E-state index contributed by atoms with van der Waals surface area (Å²) in [7, 11) is -7.66. The Hall–Kier alpha value is -3.86. The average Bonchev–Trinajstić information content (AvgIpc) is 2.86. The highest BCUT2D eigenvalue weighted by atomic mass is 35.5. The van der Waals surface area contributed by atoms with Crippen LogP contribution in [0.2, 0.25) is 5.02 Å². The fourth-order valence-corrected chi connectivity index (χ4v) is 5.99. The van der Waals surface area contributed by atoms with Gasteiger partial charge in [0, 0.05) is 11.4 Å². The van der Waals surface area contributed by atoms with Gasteiger partial charge in [-0.05, 0) is 98.6 Å². The Kier molecular flexibility index (Phi) is 8.01. The molecule has 0 bridgehead atoms. The summed E-state index contributed by atoms with van der Waals surface area (Å²) in [6.45, 7) is 5.69. The first-order valence-electron chi connectivity index (χ1n) is 11.7. The summed E-state index contributed by atoms with van der Waals surface area (Å²) in [6.07, 6.45) is 0. The van der Waals surface area contributed by atoms with E-state index in [0.29, 0.717) is 11.4 Å². The normalized spacial score (nSPS) is 11.6. The summed E-state index contributed by atoms with van der Waals surface area (Å²) in [6, 6.07) is 21.5. The Labute approximate surface area is 233 Å². The molecule has 8 nitrogen and oxygen atoms in total. The van der Waals surface area contributed by atoms with Gasteiger partial charge in [-0.15, -0.1) is 0 Å². The van der Waals surface area contributed by atoms with Crippen molar-refractivity contribution in [2.45, 2.75) is 30.6 Å². The van der Waals surface area contributed by atoms with Crippen molar-refractivity contribution in [3.8, 4) is 0 Å². The van der Waals surface area contributed by atoms with Gasteiger partial charge in [0.15, 0.2) is 0 Å². The molecule has 0 unspecified atom stereocenters. The second kappa shape index (κ2) is 11.1. The first kappa shape index (κ1) is 28.2. The minimum atomic E-state index is -3.83. The van der Waals surface area contributed by atoms with Crippen molar-refractivity contribution in [3.05, 3.63) is 112 Å². The molecule has 4 aromatic rings. The van der Waals surface area contributed by atoms with Gasteiger partial charge in [0.2, 0.25) is 0 Å². The molecule has 202 valence electrons. The van der Waals surface area contributed by atoms with Crippen LogP contribution in [0.15, 0.2) is 94.7 Å². The van der Waals surface area contributed by atoms with Crippen LogP contribution in [0.1, 0.15) is 27.0 Å². The Bertz CT molecular complexity index is 1750. The summed E-state index contributed by atoms with van der Waals surface area (Å²) >= 11 is 6.29. The van der Waals surface area contributed by atoms with E-state index >= 15 is 0 Å². The van der Waals surface area contributed by atoms with Crippen LogP contribution in [0.25, 0.3) is 0 Å². The van der Waals surface area contributed by atoms with Crippen molar-refractivity contribution in [1.29, 1.82) is 0 Å². The van der Waals surface area contributed by atoms with Gasteiger partial charge in [0.25, 0.3) is 26.0 Å². The standard InChI is InChI=1S/C28H26ClN3O5S2/c1-18-4-11-24(12-5-18)38(34,35)32-23-10-15-26(27(29)17-23)28(33)30-21-8-13-25(14-9-21)39(36,37)31-22-7-6-19(2)20(3)16-22/h4-17,31-32H,1-3H3,(H,30,33). The molecular formula is C28H26ClN3O5S2. The van der Waals surface area contributed by atoms with Gasteiger partial charge >= 0.3 is 0 Å². The highest BCUT2D eigenvalue weighted by Crippen LogP contribution is 2.25. The van der Waals surface area contributed by atoms with E-state index in [0.717, 1.165) is 16.7 Å². The third-order valence-electron chi connectivity index (χ3n) is 5.98. The zero-order valence-electron chi connectivity index (χ0n) is 21.3. The third-order valence-corrected chi connectivity index (χ3v) is 9.09. The molecule has 39 heavy (non-hydrogen) atoms. The Morgan fingerprint density at radius 1 is 0.615 bits per heavy atom. The molecule has 0 fully saturated rings. The van der Waals surface area contributed by atoms with Gasteiger partial charge in [0.1, 0.15) is 0 Å². The summed E-state index contributed by atoms with van der Waals surface area (Å²) in [5, 5.41) is 2.70. The molecule has 3 N–H and O–H groups in total.